The van der Waals surface area contributed by atoms with Gasteiger partial charge in [-0.2, -0.15) is 0 Å². The lowest BCUT2D eigenvalue weighted by Crippen LogP contribution is -2.32. The van der Waals surface area contributed by atoms with Crippen LogP contribution in [0.5, 0.6) is 5.75 Å². The molecule has 7 nitrogen and oxygen atoms in total. The van der Waals surface area contributed by atoms with E-state index in [0.717, 1.165) is 5.69 Å². The highest BCUT2D eigenvalue weighted by Gasteiger charge is 2.24. The minimum absolute atomic E-state index is 0.183. The maximum atomic E-state index is 13.1. The molecule has 0 saturated carbocycles. The normalized spacial score (nSPS) is 12.1. The number of aromatic nitrogens is 3. The molecular weight excluding hydrogens is 463 g/mol. The van der Waals surface area contributed by atoms with Gasteiger partial charge in [0.25, 0.3) is 11.5 Å². The van der Waals surface area contributed by atoms with Crippen LogP contribution in [-0.2, 0) is 11.8 Å². The fraction of sp³-hybridized carbons (Fsp3) is 0.208. The monoisotopic (exact) mass is 484 g/mol. The second-order valence-corrected chi connectivity index (χ2v) is 8.52. The fourth-order valence-electron chi connectivity index (χ4n) is 3.57. The van der Waals surface area contributed by atoms with Crippen molar-refractivity contribution in [2.75, 3.05) is 5.32 Å². The molecule has 0 aliphatic carbocycles. The summed E-state index contributed by atoms with van der Waals surface area (Å²) < 4.78 is 9.11. The number of amides is 1. The molecule has 4 rings (SSSR count). The predicted molar refractivity (Wildman–Crippen MR) is 131 cm³/mol. The van der Waals surface area contributed by atoms with Gasteiger partial charge in [0.15, 0.2) is 11.9 Å². The van der Waals surface area contributed by atoms with E-state index in [2.05, 4.69) is 10.3 Å². The van der Waals surface area contributed by atoms with Gasteiger partial charge in [-0.1, -0.05) is 41.4 Å². The van der Waals surface area contributed by atoms with Crippen LogP contribution in [0.3, 0.4) is 0 Å². The molecule has 0 radical (unpaired) electrons. The Kier molecular flexibility index (Phi) is 6.19. The zero-order valence-electron chi connectivity index (χ0n) is 18.5. The maximum Gasteiger partial charge on any atom is 0.295 e. The first-order chi connectivity index (χ1) is 15.7. The third kappa shape index (κ3) is 4.21. The van der Waals surface area contributed by atoms with Crippen molar-refractivity contribution in [2.45, 2.75) is 26.9 Å². The van der Waals surface area contributed by atoms with Crippen LogP contribution < -0.4 is 15.6 Å². The van der Waals surface area contributed by atoms with Gasteiger partial charge in [-0.15, -0.1) is 0 Å². The molecule has 1 amide bonds. The number of halogens is 2. The van der Waals surface area contributed by atoms with Crippen molar-refractivity contribution in [3.8, 4) is 11.4 Å². The number of aryl methyl sites for hydroxylation is 1. The molecule has 2 heterocycles. The third-order valence-corrected chi connectivity index (χ3v) is 6.04. The summed E-state index contributed by atoms with van der Waals surface area (Å²) >= 11 is 12.7. The van der Waals surface area contributed by atoms with E-state index in [9.17, 15) is 9.59 Å². The Bertz CT molecular complexity index is 1430. The van der Waals surface area contributed by atoms with Crippen LogP contribution >= 0.6 is 23.2 Å². The first-order valence-electron chi connectivity index (χ1n) is 10.3. The summed E-state index contributed by atoms with van der Waals surface area (Å²) in [7, 11) is 1.76. The SMILES string of the molecule is Cc1ccc2c(Cl)cc(Cl)c(OC(C)C(=O)Nc3c(C)n(C)n(-c4ccccc4)c3=O)c2n1. The number of rotatable bonds is 5. The van der Waals surface area contributed by atoms with Crippen molar-refractivity contribution in [3.05, 3.63) is 80.3 Å². The summed E-state index contributed by atoms with van der Waals surface area (Å²) in [6.45, 7) is 5.18. The van der Waals surface area contributed by atoms with Gasteiger partial charge in [-0.25, -0.2) is 9.67 Å². The summed E-state index contributed by atoms with van der Waals surface area (Å²) in [5.41, 5.74) is 2.37. The highest BCUT2D eigenvalue weighted by molar-refractivity contribution is 6.39. The number of nitrogens with one attached hydrogen (secondary N) is 1. The smallest absolute Gasteiger partial charge is 0.295 e. The molecule has 170 valence electrons. The molecule has 0 bridgehead atoms. The van der Waals surface area contributed by atoms with Gasteiger partial charge in [0.2, 0.25) is 0 Å². The molecule has 33 heavy (non-hydrogen) atoms. The number of hydrogen-bond acceptors (Lipinski definition) is 4. The quantitative estimate of drug-likeness (QED) is 0.429. The van der Waals surface area contributed by atoms with E-state index in [1.807, 2.05) is 49.4 Å². The second kappa shape index (κ2) is 8.92. The van der Waals surface area contributed by atoms with Crippen molar-refractivity contribution in [1.82, 2.24) is 14.3 Å². The van der Waals surface area contributed by atoms with Crippen LogP contribution in [0.25, 0.3) is 16.6 Å². The molecular formula is C24H22Cl2N4O3. The largest absolute Gasteiger partial charge is 0.477 e. The van der Waals surface area contributed by atoms with Gasteiger partial charge in [-0.3, -0.25) is 14.3 Å². The van der Waals surface area contributed by atoms with Crippen molar-refractivity contribution in [3.63, 3.8) is 0 Å². The average Bonchev–Trinajstić information content (AvgIpc) is 2.99. The van der Waals surface area contributed by atoms with Gasteiger partial charge in [0, 0.05) is 18.1 Å². The number of benzene rings is 2. The lowest BCUT2D eigenvalue weighted by Gasteiger charge is -2.17. The minimum Gasteiger partial charge on any atom is -0.477 e. The predicted octanol–water partition coefficient (Wildman–Crippen LogP) is 5.05. The number of pyridine rings is 1. The summed E-state index contributed by atoms with van der Waals surface area (Å²) in [5.74, 6) is -0.235. The third-order valence-electron chi connectivity index (χ3n) is 5.44. The van der Waals surface area contributed by atoms with Gasteiger partial charge < -0.3 is 10.1 Å². The number of carbonyl (C=O) groups is 1. The van der Waals surface area contributed by atoms with Gasteiger partial charge in [0.1, 0.15) is 11.2 Å². The molecule has 2 aromatic heterocycles. The molecule has 1 atom stereocenters. The molecule has 0 spiro atoms. The van der Waals surface area contributed by atoms with E-state index in [4.69, 9.17) is 27.9 Å². The Hall–Kier alpha value is -3.29. The van der Waals surface area contributed by atoms with Crippen molar-refractivity contribution in [1.29, 1.82) is 0 Å². The molecule has 0 aliphatic heterocycles. The topological polar surface area (TPSA) is 78.1 Å². The van der Waals surface area contributed by atoms with Gasteiger partial charge in [0.05, 0.1) is 21.4 Å². The highest BCUT2D eigenvalue weighted by atomic mass is 35.5. The number of fused-ring (bicyclic) bond motifs is 1. The number of anilines is 1. The lowest BCUT2D eigenvalue weighted by molar-refractivity contribution is -0.122. The van der Waals surface area contributed by atoms with E-state index in [0.29, 0.717) is 27.3 Å². The maximum absolute atomic E-state index is 13.1. The lowest BCUT2D eigenvalue weighted by atomic mass is 10.2. The molecule has 2 aromatic carbocycles. The summed E-state index contributed by atoms with van der Waals surface area (Å²) in [6, 6.07) is 14.4. The van der Waals surface area contributed by atoms with Crippen LogP contribution in [-0.4, -0.2) is 26.4 Å². The van der Waals surface area contributed by atoms with Gasteiger partial charge in [-0.05, 0) is 51.1 Å². The zero-order chi connectivity index (χ0) is 23.9. The zero-order valence-corrected chi connectivity index (χ0v) is 20.0. The Morgan fingerprint density at radius 3 is 2.48 bits per heavy atom. The number of ether oxygens (including phenoxy) is 1. The second-order valence-electron chi connectivity index (χ2n) is 7.70. The molecule has 0 aliphatic rings. The average molecular weight is 485 g/mol. The summed E-state index contributed by atoms with van der Waals surface area (Å²) in [6.07, 6.45) is -0.960. The first-order valence-corrected chi connectivity index (χ1v) is 11.0. The number of hydrogen-bond donors (Lipinski definition) is 1. The van der Waals surface area contributed by atoms with Crippen LogP contribution in [0.2, 0.25) is 10.0 Å². The van der Waals surface area contributed by atoms with E-state index in [1.165, 1.54) is 4.68 Å². The Labute approximate surface area is 200 Å². The van der Waals surface area contributed by atoms with Gasteiger partial charge >= 0.3 is 0 Å². The number of para-hydroxylation sites is 1. The number of carbonyl (C=O) groups excluding carboxylic acids is 1. The van der Waals surface area contributed by atoms with Crippen LogP contribution in [0, 0.1) is 13.8 Å². The molecule has 0 saturated heterocycles. The molecule has 0 fully saturated rings. The van der Waals surface area contributed by atoms with Crippen molar-refractivity contribution < 1.29 is 9.53 Å². The molecule has 1 unspecified atom stereocenters. The van der Waals surface area contributed by atoms with E-state index in [-0.39, 0.29) is 22.0 Å². The van der Waals surface area contributed by atoms with E-state index >= 15 is 0 Å². The first kappa shape index (κ1) is 22.9. The Morgan fingerprint density at radius 1 is 1.09 bits per heavy atom. The minimum atomic E-state index is -0.960. The van der Waals surface area contributed by atoms with Crippen LogP contribution in [0.1, 0.15) is 18.3 Å². The van der Waals surface area contributed by atoms with Crippen molar-refractivity contribution in [2.24, 2.45) is 7.05 Å². The number of nitrogens with zero attached hydrogens (tertiary/aromatic N) is 3. The van der Waals surface area contributed by atoms with Crippen molar-refractivity contribution >= 4 is 45.7 Å². The summed E-state index contributed by atoms with van der Waals surface area (Å²) in [4.78, 5) is 30.5. The van der Waals surface area contributed by atoms with E-state index in [1.54, 1.807) is 31.6 Å². The standard InChI is InChI=1S/C24H22Cl2N4O3/c1-13-10-11-17-18(25)12-19(26)22(21(17)27-13)33-15(3)23(31)28-20-14(2)29(4)30(24(20)32)16-8-6-5-7-9-16/h5-12,15H,1-4H3,(H,28,31). The molecule has 1 N–H and O–H groups in total. The van der Waals surface area contributed by atoms with Crippen LogP contribution in [0.4, 0.5) is 5.69 Å². The Morgan fingerprint density at radius 2 is 1.79 bits per heavy atom. The highest BCUT2D eigenvalue weighted by Crippen LogP contribution is 2.37. The molecule has 9 heteroatoms. The fourth-order valence-corrected chi connectivity index (χ4v) is 4.13. The van der Waals surface area contributed by atoms with Crippen LogP contribution in [0.15, 0.2) is 53.3 Å². The Balaban J connectivity index is 1.64. The summed E-state index contributed by atoms with van der Waals surface area (Å²) in [5, 5.41) is 4.06. The molecule has 4 aromatic rings. The van der Waals surface area contributed by atoms with E-state index < -0.39 is 12.0 Å².